The molecule has 0 bridgehead atoms. The first-order valence-electron chi connectivity index (χ1n) is 48.4. The first-order chi connectivity index (χ1) is 60.2. The molecule has 0 aromatic rings. The van der Waals surface area contributed by atoms with Gasteiger partial charge in [-0.3, -0.25) is 32.5 Å². The number of ether oxygens (including phenoxy) is 3. The van der Waals surface area contributed by atoms with Crippen molar-refractivity contribution in [2.45, 2.75) is 399 Å². The van der Waals surface area contributed by atoms with E-state index in [1.165, 1.54) is 148 Å². The number of phosphoric ester groups is 2. The molecule has 0 fully saturated rings. The molecule has 5 unspecified atom stereocenters. The summed E-state index contributed by atoms with van der Waals surface area (Å²) in [4.78, 5) is 59.1. The molecule has 0 aromatic heterocycles. The monoisotopic (exact) mass is 1750 g/mol. The lowest BCUT2D eigenvalue weighted by atomic mass is 10.0. The second-order valence-electron chi connectivity index (χ2n) is 31.7. The summed E-state index contributed by atoms with van der Waals surface area (Å²) < 4.78 is 61.5. The molecular formula is C105H174O16P2. The third-order valence-corrected chi connectivity index (χ3v) is 21.9. The number of rotatable bonds is 90. The zero-order valence-corrected chi connectivity index (χ0v) is 79.1. The van der Waals surface area contributed by atoms with E-state index in [9.17, 15) is 43.5 Å². The maximum Gasteiger partial charge on any atom is 0.472 e. The van der Waals surface area contributed by atoms with E-state index in [0.29, 0.717) is 25.7 Å². The molecule has 0 heterocycles. The molecule has 0 aliphatic heterocycles. The lowest BCUT2D eigenvalue weighted by Crippen LogP contribution is -2.30. The Bertz CT molecular complexity index is 3070. The van der Waals surface area contributed by atoms with Crippen LogP contribution in [0.25, 0.3) is 0 Å². The molecule has 0 spiro atoms. The van der Waals surface area contributed by atoms with Crippen LogP contribution in [-0.2, 0) is 55.8 Å². The van der Waals surface area contributed by atoms with Crippen molar-refractivity contribution in [1.82, 2.24) is 0 Å². The molecule has 0 aliphatic carbocycles. The number of carbonyl (C=O) groups excluding carboxylic acids is 3. The molecule has 700 valence electrons. The van der Waals surface area contributed by atoms with Crippen LogP contribution in [0.2, 0.25) is 0 Å². The maximum atomic E-state index is 13.1. The Hall–Kier alpha value is -5.87. The number of hydrogen-bond donors (Lipinski definition) is 4. The van der Waals surface area contributed by atoms with Gasteiger partial charge in [-0.25, -0.2) is 9.13 Å². The van der Waals surface area contributed by atoms with E-state index >= 15 is 0 Å². The van der Waals surface area contributed by atoms with Crippen LogP contribution in [0.5, 0.6) is 0 Å². The minimum Gasteiger partial charge on any atom is -0.463 e. The molecule has 0 rings (SSSR count). The van der Waals surface area contributed by atoms with E-state index in [1.54, 1.807) is 0 Å². The Morgan fingerprint density at radius 3 is 0.659 bits per heavy atom. The van der Waals surface area contributed by atoms with Gasteiger partial charge in [0, 0.05) is 19.3 Å². The first-order valence-corrected chi connectivity index (χ1v) is 51.4. The fourth-order valence-corrected chi connectivity index (χ4v) is 14.4. The van der Waals surface area contributed by atoms with Gasteiger partial charge < -0.3 is 34.2 Å². The van der Waals surface area contributed by atoms with Gasteiger partial charge in [0.25, 0.3) is 0 Å². The van der Waals surface area contributed by atoms with Crippen molar-refractivity contribution in [3.05, 3.63) is 207 Å². The van der Waals surface area contributed by atoms with Crippen LogP contribution >= 0.6 is 15.6 Å². The maximum absolute atomic E-state index is 13.1. The van der Waals surface area contributed by atoms with Crippen LogP contribution in [0.3, 0.4) is 0 Å². The minimum absolute atomic E-state index is 0.0442. The molecule has 0 aromatic carbocycles. The number of carbonyl (C=O) groups is 3. The summed E-state index contributed by atoms with van der Waals surface area (Å²) in [5.74, 6) is -1.62. The molecule has 0 saturated heterocycles. The highest BCUT2D eigenvalue weighted by molar-refractivity contribution is 7.47. The van der Waals surface area contributed by atoms with Gasteiger partial charge in [0.05, 0.1) is 26.4 Å². The lowest BCUT2D eigenvalue weighted by molar-refractivity contribution is -0.161. The van der Waals surface area contributed by atoms with Crippen LogP contribution in [-0.4, -0.2) is 95.9 Å². The largest absolute Gasteiger partial charge is 0.472 e. The van der Waals surface area contributed by atoms with Crippen LogP contribution in [0.1, 0.15) is 380 Å². The Balaban J connectivity index is 4.57. The molecule has 0 amide bonds. The highest BCUT2D eigenvalue weighted by Gasteiger charge is 2.30. The summed E-state index contributed by atoms with van der Waals surface area (Å²) in [6.45, 7) is 2.32. The average Bonchev–Trinajstić information content (AvgIpc) is 0.898. The molecule has 0 aliphatic rings. The van der Waals surface area contributed by atoms with Crippen molar-refractivity contribution in [2.24, 2.45) is 0 Å². The summed E-state index contributed by atoms with van der Waals surface area (Å²) in [7, 11) is -9.84. The molecule has 123 heavy (non-hydrogen) atoms. The molecule has 0 saturated carbocycles. The summed E-state index contributed by atoms with van der Waals surface area (Å²) in [6, 6.07) is 0. The van der Waals surface area contributed by atoms with E-state index in [-0.39, 0.29) is 19.3 Å². The van der Waals surface area contributed by atoms with Crippen LogP contribution in [0.15, 0.2) is 207 Å². The van der Waals surface area contributed by atoms with E-state index in [1.807, 2.05) is 0 Å². The van der Waals surface area contributed by atoms with E-state index < -0.39 is 91.5 Å². The second kappa shape index (κ2) is 95.2. The normalized spacial score (nSPS) is 14.6. The number of esters is 3. The number of aliphatic hydroxyl groups is 2. The van der Waals surface area contributed by atoms with Crippen molar-refractivity contribution in [1.29, 1.82) is 0 Å². The van der Waals surface area contributed by atoms with Crippen molar-refractivity contribution < 1.29 is 75.8 Å². The number of phosphoric acid groups is 2. The quantitative estimate of drug-likeness (QED) is 0.0146. The minimum atomic E-state index is -4.96. The van der Waals surface area contributed by atoms with E-state index in [2.05, 4.69) is 227 Å². The molecular weight excluding hydrogens is 1580 g/mol. The van der Waals surface area contributed by atoms with Gasteiger partial charge in [0.2, 0.25) is 0 Å². The highest BCUT2D eigenvalue weighted by atomic mass is 31.2. The third-order valence-electron chi connectivity index (χ3n) is 20.0. The number of aliphatic hydroxyl groups excluding tert-OH is 2. The third kappa shape index (κ3) is 96.6. The standard InChI is InChI=1S/C105H174O16P2/c1-4-7-10-13-16-19-22-25-28-31-34-37-39-41-43-45-47-48-49-50-52-54-55-57-59-62-64-67-70-73-76-79-82-85-88-91-103(108)115-94-100(106)95-117-122(111,112)118-96-101(107)97-119-123(113,114)120-99-102(121-105(110)93-90-87-84-81-78-75-72-69-66-61-36-33-30-27-24-21-18-15-12-9-6-3)98-116-104(109)92-89-86-83-80-77-74-71-68-65-63-60-58-56-53-51-46-44-42-40-38-35-32-29-26-23-20-17-14-11-8-5-2/h7-12,16-21,25-30,34-38,41-44,47-48,61,69,72,78,81,100-102,106-107H,4-6,13-15,22-24,31-33,39-40,45-46,49-60,62-68,70-71,73-77,79-80,82-99H2,1-3H3,(H,111,112)(H,113,114)/b10-7-,11-8-,12-9-,19-16-,20-17-,21-18-,28-25-,29-26-,30-27-,37-34-,38-35-,43-41-,44-42-,48-47-,61-36-,72-69-,81-78-. The smallest absolute Gasteiger partial charge is 0.463 e. The van der Waals surface area contributed by atoms with Gasteiger partial charge in [-0.1, -0.05) is 401 Å². The Labute approximate surface area is 750 Å². The van der Waals surface area contributed by atoms with Gasteiger partial charge in [0.1, 0.15) is 25.4 Å². The summed E-state index contributed by atoms with van der Waals surface area (Å²) in [5, 5.41) is 20.8. The fourth-order valence-electron chi connectivity index (χ4n) is 12.8. The van der Waals surface area contributed by atoms with Crippen molar-refractivity contribution in [3.63, 3.8) is 0 Å². The SMILES string of the molecule is CC/C=C\C/C=C\C/C=C\C/C=C\C/C=C\C/C=C\CCCCCCCCCCCCCCCCCCC(=O)OCC(O)COP(=O)(O)OCC(O)COP(=O)(O)OCC(COC(=O)CCCCCCCCCCCCCCCCC/C=C\C/C=C\C/C=C\C/C=C\C/C=C\CC)OC(=O)CCCC/C=C\C/C=C\C/C=C\C/C=C\C/C=C\C/C=C\CC. The van der Waals surface area contributed by atoms with Crippen LogP contribution in [0.4, 0.5) is 0 Å². The lowest BCUT2D eigenvalue weighted by Gasteiger charge is -2.21. The van der Waals surface area contributed by atoms with Crippen molar-refractivity contribution in [2.75, 3.05) is 39.6 Å². The van der Waals surface area contributed by atoms with Crippen LogP contribution in [0, 0.1) is 0 Å². The number of unbranched alkanes of at least 4 members (excludes halogenated alkanes) is 33. The molecule has 5 atom stereocenters. The topological polar surface area (TPSA) is 231 Å². The summed E-state index contributed by atoms with van der Waals surface area (Å²) >= 11 is 0. The van der Waals surface area contributed by atoms with Gasteiger partial charge in [0.15, 0.2) is 6.10 Å². The number of allylic oxidation sites excluding steroid dienone is 34. The fraction of sp³-hybridized carbons (Fsp3) is 0.648. The van der Waals surface area contributed by atoms with Gasteiger partial charge >= 0.3 is 33.6 Å². The molecule has 0 radical (unpaired) electrons. The first kappa shape index (κ1) is 117. The summed E-state index contributed by atoms with van der Waals surface area (Å²) in [5.41, 5.74) is 0. The average molecular weight is 1750 g/mol. The van der Waals surface area contributed by atoms with Crippen molar-refractivity contribution in [3.8, 4) is 0 Å². The predicted molar refractivity (Wildman–Crippen MR) is 518 cm³/mol. The van der Waals surface area contributed by atoms with E-state index in [0.717, 1.165) is 167 Å². The Morgan fingerprint density at radius 1 is 0.228 bits per heavy atom. The van der Waals surface area contributed by atoms with Gasteiger partial charge in [-0.15, -0.1) is 0 Å². The zero-order valence-electron chi connectivity index (χ0n) is 77.3. The molecule has 16 nitrogen and oxygen atoms in total. The van der Waals surface area contributed by atoms with Gasteiger partial charge in [-0.2, -0.15) is 0 Å². The Kier molecular flexibility index (Phi) is 90.7. The van der Waals surface area contributed by atoms with Gasteiger partial charge in [-0.05, 0) is 167 Å². The van der Waals surface area contributed by atoms with Crippen molar-refractivity contribution >= 4 is 33.6 Å². The predicted octanol–water partition coefficient (Wildman–Crippen LogP) is 30.3. The zero-order chi connectivity index (χ0) is 89.3. The van der Waals surface area contributed by atoms with E-state index in [4.69, 9.17) is 32.3 Å². The Morgan fingerprint density at radius 2 is 0.407 bits per heavy atom. The molecule has 4 N–H and O–H groups in total. The molecule has 18 heteroatoms. The van der Waals surface area contributed by atoms with Crippen LogP contribution < -0.4 is 0 Å². The second-order valence-corrected chi connectivity index (χ2v) is 34.6. The number of hydrogen-bond acceptors (Lipinski definition) is 14. The highest BCUT2D eigenvalue weighted by Crippen LogP contribution is 2.45. The summed E-state index contributed by atoms with van der Waals surface area (Å²) in [6.07, 6.45) is 129.